The average molecular weight is 445 g/mol. The molecule has 1 aliphatic rings. The Morgan fingerprint density at radius 2 is 1.90 bits per heavy atom. The molecule has 3 aromatic rings. The minimum atomic E-state index is 0.326. The van der Waals surface area contributed by atoms with Gasteiger partial charge in [0.15, 0.2) is 11.0 Å². The van der Waals surface area contributed by atoms with Crippen LogP contribution < -0.4 is 4.74 Å². The van der Waals surface area contributed by atoms with E-state index in [1.807, 2.05) is 43.3 Å². The molecule has 0 radical (unpaired) electrons. The third kappa shape index (κ3) is 5.35. The molecule has 0 unspecified atom stereocenters. The van der Waals surface area contributed by atoms with Crippen LogP contribution in [-0.2, 0) is 11.3 Å². The lowest BCUT2D eigenvalue weighted by atomic mass is 10.2. The molecule has 1 aliphatic heterocycles. The van der Waals surface area contributed by atoms with Gasteiger partial charge in [0, 0.05) is 36.1 Å². The van der Waals surface area contributed by atoms with Crippen molar-refractivity contribution in [1.82, 2.24) is 19.7 Å². The van der Waals surface area contributed by atoms with Crippen LogP contribution in [0.1, 0.15) is 11.4 Å². The van der Waals surface area contributed by atoms with Crippen molar-refractivity contribution in [2.45, 2.75) is 18.7 Å². The van der Waals surface area contributed by atoms with E-state index in [4.69, 9.17) is 21.1 Å². The number of rotatable bonds is 8. The van der Waals surface area contributed by atoms with Crippen LogP contribution in [0.25, 0.3) is 5.69 Å². The molecule has 0 spiro atoms. The number of aromatic nitrogens is 3. The van der Waals surface area contributed by atoms with E-state index in [9.17, 15) is 0 Å². The second-order valence-corrected chi connectivity index (χ2v) is 8.54. The second kappa shape index (κ2) is 10.3. The van der Waals surface area contributed by atoms with Crippen molar-refractivity contribution in [3.05, 3.63) is 64.9 Å². The smallest absolute Gasteiger partial charge is 0.195 e. The zero-order valence-corrected chi connectivity index (χ0v) is 18.5. The highest BCUT2D eigenvalue weighted by Gasteiger charge is 2.16. The summed E-state index contributed by atoms with van der Waals surface area (Å²) in [6, 6.07) is 15.8. The lowest BCUT2D eigenvalue weighted by Gasteiger charge is -2.26. The van der Waals surface area contributed by atoms with Crippen molar-refractivity contribution in [2.24, 2.45) is 0 Å². The quantitative estimate of drug-likeness (QED) is 0.484. The third-order valence-corrected chi connectivity index (χ3v) is 6.29. The molecule has 1 fully saturated rings. The number of para-hydroxylation sites is 1. The predicted octanol–water partition coefficient (Wildman–Crippen LogP) is 4.23. The Labute approximate surface area is 186 Å². The van der Waals surface area contributed by atoms with E-state index in [1.54, 1.807) is 11.8 Å². The molecule has 0 amide bonds. The number of benzene rings is 2. The number of nitrogens with zero attached hydrogens (tertiary/aromatic N) is 4. The highest BCUT2D eigenvalue weighted by molar-refractivity contribution is 7.99. The fourth-order valence-corrected chi connectivity index (χ4v) is 4.36. The van der Waals surface area contributed by atoms with Crippen LogP contribution in [0.3, 0.4) is 0 Å². The van der Waals surface area contributed by atoms with E-state index in [-0.39, 0.29) is 0 Å². The standard InChI is InChI=1S/C22H25ClN4O2S/c1-17-15-19(7-8-20(17)23)29-16-21-24-25-22(27(21)18-5-3-2-4-6-18)30-14-11-26-9-12-28-13-10-26/h2-8,15H,9-14,16H2,1H3. The van der Waals surface area contributed by atoms with Gasteiger partial charge >= 0.3 is 0 Å². The predicted molar refractivity (Wildman–Crippen MR) is 120 cm³/mol. The van der Waals surface area contributed by atoms with Gasteiger partial charge in [-0.05, 0) is 42.8 Å². The topological polar surface area (TPSA) is 52.4 Å². The summed E-state index contributed by atoms with van der Waals surface area (Å²) in [5, 5.41) is 10.5. The molecule has 1 aromatic heterocycles. The average Bonchev–Trinajstić information content (AvgIpc) is 3.18. The van der Waals surface area contributed by atoms with Crippen LogP contribution in [0.4, 0.5) is 0 Å². The highest BCUT2D eigenvalue weighted by atomic mass is 35.5. The zero-order valence-electron chi connectivity index (χ0n) is 17.0. The van der Waals surface area contributed by atoms with E-state index >= 15 is 0 Å². The molecule has 1 saturated heterocycles. The van der Waals surface area contributed by atoms with Crippen LogP contribution in [0.2, 0.25) is 5.02 Å². The zero-order chi connectivity index (χ0) is 20.8. The van der Waals surface area contributed by atoms with Gasteiger partial charge in [0.2, 0.25) is 0 Å². The Bertz CT molecular complexity index is 961. The van der Waals surface area contributed by atoms with Crippen LogP contribution in [0, 0.1) is 6.92 Å². The maximum atomic E-state index is 6.12. The largest absolute Gasteiger partial charge is 0.486 e. The van der Waals surface area contributed by atoms with Gasteiger partial charge in [0.25, 0.3) is 0 Å². The molecule has 4 rings (SSSR count). The Morgan fingerprint density at radius 1 is 1.10 bits per heavy atom. The monoisotopic (exact) mass is 444 g/mol. The SMILES string of the molecule is Cc1cc(OCc2nnc(SCCN3CCOCC3)n2-c2ccccc2)ccc1Cl. The van der Waals surface area contributed by atoms with Crippen LogP contribution in [0.5, 0.6) is 5.75 Å². The van der Waals surface area contributed by atoms with E-state index in [1.165, 1.54) is 0 Å². The Morgan fingerprint density at radius 3 is 2.67 bits per heavy atom. The summed E-state index contributed by atoms with van der Waals surface area (Å²) in [6.07, 6.45) is 0. The molecule has 2 aromatic carbocycles. The molecule has 0 bridgehead atoms. The van der Waals surface area contributed by atoms with E-state index in [2.05, 4.69) is 31.8 Å². The lowest BCUT2D eigenvalue weighted by Crippen LogP contribution is -2.37. The molecule has 158 valence electrons. The van der Waals surface area contributed by atoms with Crippen LogP contribution >= 0.6 is 23.4 Å². The first-order valence-electron chi connectivity index (χ1n) is 10.0. The molecule has 0 aliphatic carbocycles. The van der Waals surface area contributed by atoms with Crippen molar-refractivity contribution in [3.63, 3.8) is 0 Å². The first-order valence-corrected chi connectivity index (χ1v) is 11.4. The van der Waals surface area contributed by atoms with Gasteiger partial charge in [-0.1, -0.05) is 41.6 Å². The van der Waals surface area contributed by atoms with Gasteiger partial charge in [-0.2, -0.15) is 0 Å². The van der Waals surface area contributed by atoms with E-state index in [0.717, 1.165) is 71.6 Å². The van der Waals surface area contributed by atoms with Gasteiger partial charge in [-0.25, -0.2) is 0 Å². The Kier molecular flexibility index (Phi) is 7.28. The summed E-state index contributed by atoms with van der Waals surface area (Å²) in [7, 11) is 0. The number of morpholine rings is 1. The second-order valence-electron chi connectivity index (χ2n) is 7.07. The first-order chi connectivity index (χ1) is 14.7. The summed E-state index contributed by atoms with van der Waals surface area (Å²) in [6.45, 7) is 6.91. The summed E-state index contributed by atoms with van der Waals surface area (Å²) >= 11 is 7.83. The number of hydrogen-bond acceptors (Lipinski definition) is 6. The van der Waals surface area contributed by atoms with Gasteiger partial charge < -0.3 is 9.47 Å². The maximum absolute atomic E-state index is 6.12. The number of hydrogen-bond donors (Lipinski definition) is 0. The fourth-order valence-electron chi connectivity index (χ4n) is 3.27. The van der Waals surface area contributed by atoms with Gasteiger partial charge in [0.1, 0.15) is 12.4 Å². The number of halogens is 1. The summed E-state index contributed by atoms with van der Waals surface area (Å²) in [4.78, 5) is 2.42. The van der Waals surface area contributed by atoms with Crippen molar-refractivity contribution >= 4 is 23.4 Å². The Hall–Kier alpha value is -2.06. The number of ether oxygens (including phenoxy) is 2. The molecule has 0 atom stereocenters. The minimum Gasteiger partial charge on any atom is -0.486 e. The molecule has 2 heterocycles. The molecule has 8 heteroatoms. The van der Waals surface area contributed by atoms with Crippen LogP contribution in [-0.4, -0.2) is 58.3 Å². The highest BCUT2D eigenvalue weighted by Crippen LogP contribution is 2.25. The van der Waals surface area contributed by atoms with E-state index in [0.29, 0.717) is 6.61 Å². The van der Waals surface area contributed by atoms with Crippen LogP contribution in [0.15, 0.2) is 53.7 Å². The summed E-state index contributed by atoms with van der Waals surface area (Å²) < 4.78 is 13.5. The molecule has 6 nitrogen and oxygen atoms in total. The van der Waals surface area contributed by atoms with Crippen molar-refractivity contribution in [3.8, 4) is 11.4 Å². The van der Waals surface area contributed by atoms with Gasteiger partial charge in [-0.3, -0.25) is 9.47 Å². The van der Waals surface area contributed by atoms with Crippen molar-refractivity contribution in [2.75, 3.05) is 38.6 Å². The number of aryl methyl sites for hydroxylation is 1. The summed E-state index contributed by atoms with van der Waals surface area (Å²) in [5.41, 5.74) is 2.01. The fraction of sp³-hybridized carbons (Fsp3) is 0.364. The maximum Gasteiger partial charge on any atom is 0.195 e. The number of thioether (sulfide) groups is 1. The Balaban J connectivity index is 1.47. The third-order valence-electron chi connectivity index (χ3n) is 4.95. The molecule has 0 N–H and O–H groups in total. The molecule has 0 saturated carbocycles. The molecule has 30 heavy (non-hydrogen) atoms. The molecular weight excluding hydrogens is 420 g/mol. The lowest BCUT2D eigenvalue weighted by molar-refractivity contribution is 0.0410. The molecular formula is C22H25ClN4O2S. The van der Waals surface area contributed by atoms with Crippen molar-refractivity contribution in [1.29, 1.82) is 0 Å². The van der Waals surface area contributed by atoms with E-state index < -0.39 is 0 Å². The summed E-state index contributed by atoms with van der Waals surface area (Å²) in [5.74, 6) is 2.48. The minimum absolute atomic E-state index is 0.326. The first kappa shape index (κ1) is 21.2. The van der Waals surface area contributed by atoms with Gasteiger partial charge in [-0.15, -0.1) is 10.2 Å². The van der Waals surface area contributed by atoms with Crippen molar-refractivity contribution < 1.29 is 9.47 Å². The van der Waals surface area contributed by atoms with Gasteiger partial charge in [0.05, 0.1) is 13.2 Å². The normalized spacial score (nSPS) is 14.7.